The first-order valence-corrected chi connectivity index (χ1v) is 4.74. The van der Waals surface area contributed by atoms with Gasteiger partial charge in [-0.25, -0.2) is 4.99 Å². The Balaban J connectivity index is 3.32. The van der Waals surface area contributed by atoms with Crippen molar-refractivity contribution in [3.05, 3.63) is 0 Å². The summed E-state index contributed by atoms with van der Waals surface area (Å²) in [6.45, 7) is 0. The highest BCUT2D eigenvalue weighted by Crippen LogP contribution is 1.72. The molecule has 0 saturated carbocycles. The first-order valence-electron chi connectivity index (χ1n) is 1.61. The number of hydrogen-bond donors (Lipinski definition) is 0. The predicted octanol–water partition coefficient (Wildman–Crippen LogP) is 0.757. The third kappa shape index (κ3) is 6.37. The molecule has 0 N–H and O–H groups in total. The molecule has 1 atom stereocenters. The van der Waals surface area contributed by atoms with E-state index in [1.807, 2.05) is 6.26 Å². The quantitative estimate of drug-likeness (QED) is 0.427. The molecular weight excluding hydrogens is 146 g/mol. The summed E-state index contributed by atoms with van der Waals surface area (Å²) in [5.41, 5.74) is 0. The van der Waals surface area contributed by atoms with Crippen LogP contribution in [0.25, 0.3) is 0 Å². The van der Waals surface area contributed by atoms with Gasteiger partial charge in [0.1, 0.15) is 0 Å². The molecule has 0 amide bonds. The van der Waals surface area contributed by atoms with Crippen LogP contribution in [0, 0.1) is 0 Å². The molecule has 0 aliphatic heterocycles. The van der Waals surface area contributed by atoms with Crippen molar-refractivity contribution in [3.8, 4) is 0 Å². The maximum absolute atomic E-state index is 4.79. The molecule has 0 aliphatic carbocycles. The van der Waals surface area contributed by atoms with Crippen LogP contribution < -0.4 is 0 Å². The molecule has 4 heteroatoms. The molecule has 0 aromatic carbocycles. The monoisotopic (exact) mass is 151 g/mol. The second kappa shape index (κ2) is 4.53. The smallest absolute Gasteiger partial charge is 0.0989 e. The summed E-state index contributed by atoms with van der Waals surface area (Å²) >= 11 is 9.10. The van der Waals surface area contributed by atoms with Crippen LogP contribution in [0.2, 0.25) is 0 Å². The SMILES string of the molecule is CS(=S)CN=C=S. The largest absolute Gasteiger partial charge is 0.221 e. The molecule has 0 aromatic rings. The van der Waals surface area contributed by atoms with Crippen molar-refractivity contribution in [2.75, 3.05) is 12.1 Å². The van der Waals surface area contributed by atoms with E-state index in [0.29, 0.717) is 5.88 Å². The fraction of sp³-hybridized carbons (Fsp3) is 0.667. The second-order valence-corrected chi connectivity index (χ2v) is 4.25. The van der Waals surface area contributed by atoms with Gasteiger partial charge in [0.15, 0.2) is 0 Å². The second-order valence-electron chi connectivity index (χ2n) is 0.952. The minimum atomic E-state index is -0.0279. The first kappa shape index (κ1) is 7.37. The van der Waals surface area contributed by atoms with Gasteiger partial charge in [-0.2, -0.15) is 0 Å². The molecule has 0 fully saturated rings. The van der Waals surface area contributed by atoms with E-state index in [-0.39, 0.29) is 9.45 Å². The Bertz CT molecular complexity index is 113. The van der Waals surface area contributed by atoms with Gasteiger partial charge in [-0.3, -0.25) is 0 Å². The number of aliphatic imine (C=N–C) groups is 1. The number of hydrogen-bond acceptors (Lipinski definition) is 3. The Morgan fingerprint density at radius 1 is 1.86 bits per heavy atom. The van der Waals surface area contributed by atoms with Gasteiger partial charge in [0.25, 0.3) is 0 Å². The van der Waals surface area contributed by atoms with E-state index in [2.05, 4.69) is 22.4 Å². The van der Waals surface area contributed by atoms with Crippen molar-refractivity contribution in [1.29, 1.82) is 0 Å². The summed E-state index contributed by atoms with van der Waals surface area (Å²) in [4.78, 5) is 3.64. The van der Waals surface area contributed by atoms with Gasteiger partial charge in [-0.15, -0.1) is 9.45 Å². The highest BCUT2D eigenvalue weighted by molar-refractivity contribution is 8.28. The average molecular weight is 151 g/mol. The third-order valence-electron chi connectivity index (χ3n) is 0.311. The van der Waals surface area contributed by atoms with Crippen molar-refractivity contribution in [1.82, 2.24) is 0 Å². The molecule has 0 bridgehead atoms. The zero-order valence-corrected chi connectivity index (χ0v) is 6.33. The van der Waals surface area contributed by atoms with E-state index in [1.54, 1.807) is 0 Å². The fourth-order valence-corrected chi connectivity index (χ4v) is 0.668. The van der Waals surface area contributed by atoms with Crippen LogP contribution in [0.5, 0.6) is 0 Å². The van der Waals surface area contributed by atoms with Crippen LogP contribution in [-0.4, -0.2) is 17.3 Å². The first-order chi connectivity index (χ1) is 3.27. The Kier molecular flexibility index (Phi) is 4.77. The lowest BCUT2D eigenvalue weighted by Crippen LogP contribution is -1.84. The highest BCUT2D eigenvalue weighted by Gasteiger charge is 1.74. The Morgan fingerprint density at radius 2 is 2.43 bits per heavy atom. The Hall–Kier alpha value is 0.370. The minimum Gasteiger partial charge on any atom is -0.221 e. The highest BCUT2D eigenvalue weighted by atomic mass is 32.8. The molecule has 0 heterocycles. The Morgan fingerprint density at radius 3 is 2.57 bits per heavy atom. The van der Waals surface area contributed by atoms with Gasteiger partial charge < -0.3 is 0 Å². The van der Waals surface area contributed by atoms with Gasteiger partial charge in [-0.1, -0.05) is 11.2 Å². The maximum atomic E-state index is 4.79. The van der Waals surface area contributed by atoms with E-state index in [1.165, 1.54) is 0 Å². The number of isothiocyanates is 1. The molecule has 0 saturated heterocycles. The standard InChI is InChI=1S/C3H5NS3/c1-7(6)3-4-2-5/h3H2,1H3. The zero-order chi connectivity index (χ0) is 5.70. The number of nitrogens with zero attached hydrogens (tertiary/aromatic N) is 1. The predicted molar refractivity (Wildman–Crippen MR) is 40.5 cm³/mol. The summed E-state index contributed by atoms with van der Waals surface area (Å²) < 4.78 is 0. The van der Waals surface area contributed by atoms with E-state index < -0.39 is 0 Å². The van der Waals surface area contributed by atoms with E-state index in [0.717, 1.165) is 0 Å². The molecule has 0 aromatic heterocycles. The summed E-state index contributed by atoms with van der Waals surface area (Å²) in [5, 5.41) is 2.25. The van der Waals surface area contributed by atoms with Gasteiger partial charge in [0.2, 0.25) is 0 Å². The molecule has 1 unspecified atom stereocenters. The fourth-order valence-electron chi connectivity index (χ4n) is 0.117. The Labute approximate surface area is 55.4 Å². The van der Waals surface area contributed by atoms with E-state index >= 15 is 0 Å². The van der Waals surface area contributed by atoms with Crippen molar-refractivity contribution in [3.63, 3.8) is 0 Å². The van der Waals surface area contributed by atoms with Crippen LogP contribution in [0.15, 0.2) is 4.99 Å². The molecule has 0 aliphatic rings. The number of thiocarbonyl (C=S) groups is 1. The molecule has 0 radical (unpaired) electrons. The van der Waals surface area contributed by atoms with Crippen molar-refractivity contribution in [2.45, 2.75) is 0 Å². The summed E-state index contributed by atoms with van der Waals surface area (Å²) in [7, 11) is -0.0279. The zero-order valence-electron chi connectivity index (χ0n) is 3.88. The van der Waals surface area contributed by atoms with Gasteiger partial charge in [0.05, 0.1) is 11.0 Å². The molecule has 40 valence electrons. The summed E-state index contributed by atoms with van der Waals surface area (Å²) in [5.74, 6) is 0.652. The molecule has 0 spiro atoms. The summed E-state index contributed by atoms with van der Waals surface area (Å²) in [6.07, 6.45) is 1.94. The average Bonchev–Trinajstić information content (AvgIpc) is 1.61. The minimum absolute atomic E-state index is 0.0279. The van der Waals surface area contributed by atoms with Crippen LogP contribution in [-0.2, 0) is 20.6 Å². The van der Waals surface area contributed by atoms with Crippen molar-refractivity contribution >= 4 is 38.0 Å². The van der Waals surface area contributed by atoms with Gasteiger partial charge in [-0.05, 0) is 18.5 Å². The third-order valence-corrected chi connectivity index (χ3v) is 1.25. The molecule has 7 heavy (non-hydrogen) atoms. The van der Waals surface area contributed by atoms with Crippen molar-refractivity contribution < 1.29 is 0 Å². The lowest BCUT2D eigenvalue weighted by molar-refractivity contribution is 1.41. The maximum Gasteiger partial charge on any atom is 0.0989 e. The summed E-state index contributed by atoms with van der Waals surface area (Å²) in [6, 6.07) is 0. The van der Waals surface area contributed by atoms with E-state index in [9.17, 15) is 0 Å². The van der Waals surface area contributed by atoms with Gasteiger partial charge >= 0.3 is 0 Å². The molecule has 1 nitrogen and oxygen atoms in total. The topological polar surface area (TPSA) is 12.4 Å². The molecule has 0 rings (SSSR count). The van der Waals surface area contributed by atoms with Crippen LogP contribution in [0.3, 0.4) is 0 Å². The normalized spacial score (nSPS) is 12.1. The molecular formula is C3H5NS3. The van der Waals surface area contributed by atoms with Crippen LogP contribution in [0.4, 0.5) is 0 Å². The lowest BCUT2D eigenvalue weighted by Gasteiger charge is -1.82. The lowest BCUT2D eigenvalue weighted by atomic mass is 11.4. The van der Waals surface area contributed by atoms with Gasteiger partial charge in [0, 0.05) is 0 Å². The number of rotatable bonds is 2. The van der Waals surface area contributed by atoms with Crippen molar-refractivity contribution in [2.24, 2.45) is 4.99 Å². The van der Waals surface area contributed by atoms with E-state index in [4.69, 9.17) is 11.2 Å². The van der Waals surface area contributed by atoms with Crippen LogP contribution in [0.1, 0.15) is 0 Å². The van der Waals surface area contributed by atoms with Crippen LogP contribution >= 0.6 is 12.2 Å².